The van der Waals surface area contributed by atoms with E-state index in [1.165, 1.54) is 30.2 Å². The molecule has 0 atom stereocenters. The summed E-state index contributed by atoms with van der Waals surface area (Å²) in [6.07, 6.45) is 0. The van der Waals surface area contributed by atoms with Gasteiger partial charge in [0, 0.05) is 17.5 Å². The molecular formula is C27H28N4O4S2. The molecule has 1 N–H and O–H groups in total. The van der Waals surface area contributed by atoms with E-state index in [4.69, 9.17) is 9.47 Å². The van der Waals surface area contributed by atoms with Crippen LogP contribution in [0.25, 0.3) is 11.1 Å². The van der Waals surface area contributed by atoms with Gasteiger partial charge >= 0.3 is 5.97 Å². The highest BCUT2D eigenvalue weighted by molar-refractivity contribution is 7.99. The molecule has 2 heterocycles. The first-order valence-electron chi connectivity index (χ1n) is 11.7. The molecule has 0 aliphatic rings. The van der Waals surface area contributed by atoms with Gasteiger partial charge in [-0.05, 0) is 49.6 Å². The predicted molar refractivity (Wildman–Crippen MR) is 146 cm³/mol. The number of nitrogens with one attached hydrogen (secondary N) is 1. The number of nitrogens with zero attached hydrogens (tertiary/aromatic N) is 3. The van der Waals surface area contributed by atoms with Gasteiger partial charge in [-0.15, -0.1) is 21.5 Å². The van der Waals surface area contributed by atoms with Gasteiger partial charge in [-0.3, -0.25) is 4.79 Å². The van der Waals surface area contributed by atoms with Gasteiger partial charge in [-0.2, -0.15) is 0 Å². The zero-order valence-electron chi connectivity index (χ0n) is 21.1. The molecule has 8 nitrogen and oxygen atoms in total. The lowest BCUT2D eigenvalue weighted by molar-refractivity contribution is -0.113. The number of aryl methyl sites for hydroxylation is 2. The van der Waals surface area contributed by atoms with Crippen molar-refractivity contribution in [2.24, 2.45) is 0 Å². The van der Waals surface area contributed by atoms with Crippen LogP contribution in [0.3, 0.4) is 0 Å². The van der Waals surface area contributed by atoms with Crippen LogP contribution in [0, 0.1) is 13.8 Å². The van der Waals surface area contributed by atoms with Gasteiger partial charge in [0.15, 0.2) is 11.0 Å². The van der Waals surface area contributed by atoms with Crippen molar-refractivity contribution in [2.45, 2.75) is 39.1 Å². The lowest BCUT2D eigenvalue weighted by Gasteiger charge is -2.10. The second-order valence-electron chi connectivity index (χ2n) is 8.30. The second-order valence-corrected chi connectivity index (χ2v) is 10.1. The number of hydrogen-bond acceptors (Lipinski definition) is 8. The van der Waals surface area contributed by atoms with Gasteiger partial charge in [-0.25, -0.2) is 4.79 Å². The second kappa shape index (κ2) is 12.1. The van der Waals surface area contributed by atoms with E-state index < -0.39 is 5.97 Å². The van der Waals surface area contributed by atoms with Gasteiger partial charge in [0.05, 0.1) is 12.9 Å². The molecule has 0 saturated heterocycles. The van der Waals surface area contributed by atoms with Gasteiger partial charge in [-0.1, -0.05) is 48.2 Å². The first kappa shape index (κ1) is 26.4. The number of thioether (sulfide) groups is 1. The third-order valence-corrected chi connectivity index (χ3v) is 7.39. The number of aromatic nitrogens is 3. The number of carbonyl (C=O) groups excluding carboxylic acids is 2. The van der Waals surface area contributed by atoms with Gasteiger partial charge < -0.3 is 19.4 Å². The number of methoxy groups -OCH3 is 1. The highest BCUT2D eigenvalue weighted by Crippen LogP contribution is 2.36. The number of esters is 1. The maximum absolute atomic E-state index is 12.8. The Balaban J connectivity index is 1.42. The molecule has 1 amide bonds. The van der Waals surface area contributed by atoms with Crippen LogP contribution in [-0.4, -0.2) is 39.5 Å². The summed E-state index contributed by atoms with van der Waals surface area (Å²) in [6, 6.07) is 15.6. The van der Waals surface area contributed by atoms with E-state index in [-0.39, 0.29) is 18.3 Å². The Kier molecular flexibility index (Phi) is 8.62. The molecule has 0 aliphatic carbocycles. The van der Waals surface area contributed by atoms with E-state index in [2.05, 4.69) is 21.6 Å². The number of thiophene rings is 1. The van der Waals surface area contributed by atoms with E-state index in [9.17, 15) is 9.59 Å². The molecule has 4 aromatic rings. The summed E-state index contributed by atoms with van der Waals surface area (Å²) in [5.74, 6) is 0.819. The molecule has 10 heteroatoms. The van der Waals surface area contributed by atoms with Crippen molar-refractivity contribution in [3.05, 3.63) is 76.4 Å². The molecule has 2 aromatic carbocycles. The predicted octanol–water partition coefficient (Wildman–Crippen LogP) is 5.74. The first-order valence-corrected chi connectivity index (χ1v) is 13.6. The molecule has 37 heavy (non-hydrogen) atoms. The Morgan fingerprint density at radius 3 is 2.49 bits per heavy atom. The maximum Gasteiger partial charge on any atom is 0.341 e. The Bertz CT molecular complexity index is 1380. The van der Waals surface area contributed by atoms with Crippen molar-refractivity contribution in [2.75, 3.05) is 18.2 Å². The normalized spacial score (nSPS) is 10.8. The minimum atomic E-state index is -0.498. The van der Waals surface area contributed by atoms with E-state index >= 15 is 0 Å². The standard InChI is InChI=1S/C27H28N4O4S2/c1-5-31-22(14-35-20-12-17(2)11-18(3)13-20)29-30-27(31)37-16-23(32)28-25-24(26(33)34-4)21(15-36-25)19-9-7-6-8-10-19/h6-13,15H,5,14,16H2,1-4H3,(H,28,32). The molecule has 0 unspecified atom stereocenters. The van der Waals surface area contributed by atoms with E-state index in [0.717, 1.165) is 28.0 Å². The average Bonchev–Trinajstić information content (AvgIpc) is 3.49. The van der Waals surface area contributed by atoms with Crippen LogP contribution in [0.2, 0.25) is 0 Å². The Morgan fingerprint density at radius 2 is 1.81 bits per heavy atom. The fourth-order valence-electron chi connectivity index (χ4n) is 3.89. The van der Waals surface area contributed by atoms with Gasteiger partial charge in [0.25, 0.3) is 0 Å². The topological polar surface area (TPSA) is 95.3 Å². The number of benzene rings is 2. The highest BCUT2D eigenvalue weighted by atomic mass is 32.2. The number of rotatable bonds is 10. The molecule has 0 aliphatic heterocycles. The molecule has 0 fully saturated rings. The summed E-state index contributed by atoms with van der Waals surface area (Å²) in [4.78, 5) is 25.3. The van der Waals surface area contributed by atoms with Crippen molar-refractivity contribution in [3.63, 3.8) is 0 Å². The average molecular weight is 537 g/mol. The fourth-order valence-corrected chi connectivity index (χ4v) is 5.69. The summed E-state index contributed by atoms with van der Waals surface area (Å²) >= 11 is 2.57. The zero-order chi connectivity index (χ0) is 26.4. The monoisotopic (exact) mass is 536 g/mol. The van der Waals surface area contributed by atoms with Crippen LogP contribution in [0.15, 0.2) is 59.1 Å². The van der Waals surface area contributed by atoms with Crippen molar-refractivity contribution < 1.29 is 19.1 Å². The van der Waals surface area contributed by atoms with Crippen molar-refractivity contribution in [1.29, 1.82) is 0 Å². The van der Waals surface area contributed by atoms with Crippen molar-refractivity contribution in [1.82, 2.24) is 14.8 Å². The van der Waals surface area contributed by atoms with E-state index in [1.54, 1.807) is 0 Å². The Morgan fingerprint density at radius 1 is 1.08 bits per heavy atom. The third kappa shape index (κ3) is 6.39. The van der Waals surface area contributed by atoms with Crippen molar-refractivity contribution >= 4 is 40.0 Å². The Hall–Kier alpha value is -3.63. The summed E-state index contributed by atoms with van der Waals surface area (Å²) in [5.41, 5.74) is 4.21. The maximum atomic E-state index is 12.8. The number of hydrogen-bond donors (Lipinski definition) is 1. The fraction of sp³-hybridized carbons (Fsp3) is 0.259. The smallest absolute Gasteiger partial charge is 0.341 e. The molecular weight excluding hydrogens is 508 g/mol. The first-order chi connectivity index (χ1) is 17.9. The summed E-state index contributed by atoms with van der Waals surface area (Å²) in [7, 11) is 1.33. The number of ether oxygens (including phenoxy) is 2. The highest BCUT2D eigenvalue weighted by Gasteiger charge is 2.23. The molecule has 0 spiro atoms. The van der Waals surface area contributed by atoms with Crippen LogP contribution < -0.4 is 10.1 Å². The van der Waals surface area contributed by atoms with E-state index in [0.29, 0.717) is 28.1 Å². The Labute approximate surface area is 224 Å². The van der Waals surface area contributed by atoms with Crippen LogP contribution in [0.4, 0.5) is 5.00 Å². The minimum Gasteiger partial charge on any atom is -0.486 e. The van der Waals surface area contributed by atoms with E-state index in [1.807, 2.05) is 73.2 Å². The van der Waals surface area contributed by atoms with Gasteiger partial charge in [0.1, 0.15) is 22.9 Å². The SMILES string of the molecule is CCn1c(COc2cc(C)cc(C)c2)nnc1SCC(=O)Nc1scc(-c2ccccc2)c1C(=O)OC. The lowest BCUT2D eigenvalue weighted by atomic mass is 10.0. The lowest BCUT2D eigenvalue weighted by Crippen LogP contribution is -2.16. The minimum absolute atomic E-state index is 0.106. The van der Waals surface area contributed by atoms with Gasteiger partial charge in [0.2, 0.25) is 5.91 Å². The zero-order valence-corrected chi connectivity index (χ0v) is 22.7. The van der Waals surface area contributed by atoms with Crippen LogP contribution in [-0.2, 0) is 22.7 Å². The molecule has 0 saturated carbocycles. The largest absolute Gasteiger partial charge is 0.486 e. The molecule has 0 bridgehead atoms. The molecule has 4 rings (SSSR count). The quantitative estimate of drug-likeness (QED) is 0.204. The third-order valence-electron chi connectivity index (χ3n) is 5.52. The molecule has 192 valence electrons. The van der Waals surface area contributed by atoms with Crippen LogP contribution in [0.5, 0.6) is 5.75 Å². The number of anilines is 1. The number of amides is 1. The summed E-state index contributed by atoms with van der Waals surface area (Å²) in [5, 5.41) is 14.3. The number of carbonyl (C=O) groups is 2. The van der Waals surface area contributed by atoms with Crippen LogP contribution >= 0.6 is 23.1 Å². The summed E-state index contributed by atoms with van der Waals surface area (Å²) < 4.78 is 12.9. The van der Waals surface area contributed by atoms with Crippen molar-refractivity contribution in [3.8, 4) is 16.9 Å². The molecule has 2 aromatic heterocycles. The molecule has 0 radical (unpaired) electrons. The van der Waals surface area contributed by atoms with Crippen LogP contribution in [0.1, 0.15) is 34.2 Å². The summed E-state index contributed by atoms with van der Waals surface area (Å²) in [6.45, 7) is 6.96.